The molecule has 0 saturated heterocycles. The minimum absolute atomic E-state index is 0.00665. The van der Waals surface area contributed by atoms with Gasteiger partial charge in [0, 0.05) is 18.8 Å². The number of anilines is 1. The van der Waals surface area contributed by atoms with E-state index >= 15 is 0 Å². The Labute approximate surface area is 127 Å². The fourth-order valence-electron chi connectivity index (χ4n) is 2.77. The highest BCUT2D eigenvalue weighted by Gasteiger charge is 2.13. The summed E-state index contributed by atoms with van der Waals surface area (Å²) in [6.07, 6.45) is 6.97. The first-order valence-electron chi connectivity index (χ1n) is 7.94. The van der Waals surface area contributed by atoms with Gasteiger partial charge in [-0.3, -0.25) is 4.79 Å². The number of nitrogens with two attached hydrogens (primary N) is 1. The van der Waals surface area contributed by atoms with Gasteiger partial charge in [-0.15, -0.1) is 0 Å². The quantitative estimate of drug-likeness (QED) is 0.759. The molecule has 0 bridgehead atoms. The number of nitrogens with one attached hydrogen (secondary N) is 1. The van der Waals surface area contributed by atoms with Gasteiger partial charge < -0.3 is 15.8 Å². The van der Waals surface area contributed by atoms with Crippen molar-refractivity contribution in [3.63, 3.8) is 0 Å². The first kappa shape index (κ1) is 16.0. The summed E-state index contributed by atoms with van der Waals surface area (Å²) in [5.41, 5.74) is 7.40. The van der Waals surface area contributed by atoms with Crippen molar-refractivity contribution in [2.45, 2.75) is 45.1 Å². The van der Waals surface area contributed by atoms with Crippen molar-refractivity contribution in [1.29, 1.82) is 0 Å². The number of ether oxygens (including phenoxy) is 1. The van der Waals surface area contributed by atoms with E-state index in [1.165, 1.54) is 32.1 Å². The van der Waals surface area contributed by atoms with Crippen LogP contribution in [0.5, 0.6) is 0 Å². The smallest absolute Gasteiger partial charge is 0.226 e. The number of benzene rings is 1. The van der Waals surface area contributed by atoms with Crippen molar-refractivity contribution in [2.24, 2.45) is 11.7 Å². The van der Waals surface area contributed by atoms with Gasteiger partial charge in [0.15, 0.2) is 0 Å². The average Bonchev–Trinajstić information content (AvgIpc) is 2.53. The molecule has 1 saturated carbocycles. The molecule has 2 rings (SSSR count). The van der Waals surface area contributed by atoms with Gasteiger partial charge in [0.05, 0.1) is 13.0 Å². The largest absolute Gasteiger partial charge is 0.381 e. The molecular weight excluding hydrogens is 264 g/mol. The Kier molecular flexibility index (Phi) is 6.70. The maximum atomic E-state index is 11.8. The third kappa shape index (κ3) is 5.86. The Hall–Kier alpha value is -1.39. The first-order chi connectivity index (χ1) is 10.3. The van der Waals surface area contributed by atoms with Crippen LogP contribution in [0.3, 0.4) is 0 Å². The summed E-state index contributed by atoms with van der Waals surface area (Å²) >= 11 is 0. The Morgan fingerprint density at radius 1 is 1.29 bits per heavy atom. The molecular formula is C17H26N2O2. The minimum atomic E-state index is -0.00665. The van der Waals surface area contributed by atoms with Crippen LogP contribution in [0.2, 0.25) is 0 Å². The van der Waals surface area contributed by atoms with Crippen LogP contribution in [0.15, 0.2) is 24.3 Å². The molecule has 0 aromatic heterocycles. The molecule has 21 heavy (non-hydrogen) atoms. The summed E-state index contributed by atoms with van der Waals surface area (Å²) in [4.78, 5) is 11.8. The van der Waals surface area contributed by atoms with Gasteiger partial charge in [0.25, 0.3) is 0 Å². The second kappa shape index (κ2) is 8.80. The van der Waals surface area contributed by atoms with Gasteiger partial charge in [0.2, 0.25) is 5.91 Å². The number of rotatable bonds is 7. The summed E-state index contributed by atoms with van der Waals surface area (Å²) < 4.78 is 5.65. The van der Waals surface area contributed by atoms with Crippen molar-refractivity contribution in [2.75, 3.05) is 18.5 Å². The Morgan fingerprint density at radius 3 is 2.86 bits per heavy atom. The second-order valence-corrected chi connectivity index (χ2v) is 5.78. The zero-order valence-electron chi connectivity index (χ0n) is 12.6. The van der Waals surface area contributed by atoms with Crippen molar-refractivity contribution in [1.82, 2.24) is 0 Å². The molecule has 1 fully saturated rings. The van der Waals surface area contributed by atoms with Gasteiger partial charge in [0.1, 0.15) is 0 Å². The van der Waals surface area contributed by atoms with Crippen molar-refractivity contribution >= 4 is 11.6 Å². The van der Waals surface area contributed by atoms with Crippen molar-refractivity contribution in [3.05, 3.63) is 29.8 Å². The van der Waals surface area contributed by atoms with Crippen LogP contribution in [-0.2, 0) is 16.1 Å². The number of hydrogen-bond donors (Lipinski definition) is 2. The minimum Gasteiger partial charge on any atom is -0.381 e. The molecule has 1 amide bonds. The Morgan fingerprint density at radius 2 is 2.10 bits per heavy atom. The third-order valence-corrected chi connectivity index (χ3v) is 4.00. The van der Waals surface area contributed by atoms with E-state index in [2.05, 4.69) is 5.32 Å². The molecule has 4 nitrogen and oxygen atoms in total. The summed E-state index contributed by atoms with van der Waals surface area (Å²) in [7, 11) is 0. The Bertz CT molecular complexity index is 442. The molecule has 1 aliphatic rings. The van der Waals surface area contributed by atoms with Crippen molar-refractivity contribution in [3.8, 4) is 0 Å². The molecule has 1 aromatic rings. The van der Waals surface area contributed by atoms with E-state index in [1.54, 1.807) is 0 Å². The maximum Gasteiger partial charge on any atom is 0.226 e. The molecule has 116 valence electrons. The SMILES string of the molecule is NCc1cccc(NC(=O)CCOCC2CCCCC2)c1. The van der Waals surface area contributed by atoms with E-state index in [-0.39, 0.29) is 5.91 Å². The lowest BCUT2D eigenvalue weighted by Gasteiger charge is -2.21. The summed E-state index contributed by atoms with van der Waals surface area (Å²) in [6, 6.07) is 7.63. The summed E-state index contributed by atoms with van der Waals surface area (Å²) in [5, 5.41) is 2.88. The molecule has 0 spiro atoms. The average molecular weight is 290 g/mol. The number of amides is 1. The van der Waals surface area contributed by atoms with Gasteiger partial charge in [-0.05, 0) is 36.5 Å². The summed E-state index contributed by atoms with van der Waals surface area (Å²) in [5.74, 6) is 0.691. The standard InChI is InChI=1S/C17H26N2O2/c18-12-15-7-4-8-16(11-15)19-17(20)9-10-21-13-14-5-2-1-3-6-14/h4,7-8,11,14H,1-3,5-6,9-10,12-13,18H2,(H,19,20). The molecule has 3 N–H and O–H groups in total. The lowest BCUT2D eigenvalue weighted by Crippen LogP contribution is -2.17. The highest BCUT2D eigenvalue weighted by Crippen LogP contribution is 2.23. The number of hydrogen-bond acceptors (Lipinski definition) is 3. The van der Waals surface area contributed by atoms with E-state index in [4.69, 9.17) is 10.5 Å². The lowest BCUT2D eigenvalue weighted by molar-refractivity contribution is -0.117. The van der Waals surface area contributed by atoms with E-state index in [9.17, 15) is 4.79 Å². The highest BCUT2D eigenvalue weighted by molar-refractivity contribution is 5.90. The number of carbonyl (C=O) groups is 1. The maximum absolute atomic E-state index is 11.8. The molecule has 1 aromatic carbocycles. The predicted molar refractivity (Wildman–Crippen MR) is 85.0 cm³/mol. The lowest BCUT2D eigenvalue weighted by atomic mass is 9.90. The van der Waals surface area contributed by atoms with E-state index in [0.717, 1.165) is 17.9 Å². The molecule has 1 aliphatic carbocycles. The normalized spacial score (nSPS) is 15.9. The molecule has 0 radical (unpaired) electrons. The Balaban J connectivity index is 1.62. The molecule has 0 unspecified atom stereocenters. The van der Waals surface area contributed by atoms with E-state index in [0.29, 0.717) is 25.5 Å². The second-order valence-electron chi connectivity index (χ2n) is 5.78. The van der Waals surface area contributed by atoms with Gasteiger partial charge in [-0.25, -0.2) is 0 Å². The fraction of sp³-hybridized carbons (Fsp3) is 0.588. The zero-order valence-corrected chi connectivity index (χ0v) is 12.6. The highest BCUT2D eigenvalue weighted by atomic mass is 16.5. The van der Waals surface area contributed by atoms with Crippen LogP contribution in [0.4, 0.5) is 5.69 Å². The molecule has 4 heteroatoms. The van der Waals surface area contributed by atoms with Crippen LogP contribution in [-0.4, -0.2) is 19.1 Å². The monoisotopic (exact) mass is 290 g/mol. The topological polar surface area (TPSA) is 64.3 Å². The first-order valence-corrected chi connectivity index (χ1v) is 7.94. The number of carbonyl (C=O) groups excluding carboxylic acids is 1. The van der Waals surface area contributed by atoms with Crippen molar-refractivity contribution < 1.29 is 9.53 Å². The van der Waals surface area contributed by atoms with E-state index < -0.39 is 0 Å². The molecule has 0 atom stereocenters. The fourth-order valence-corrected chi connectivity index (χ4v) is 2.77. The van der Waals surface area contributed by atoms with Gasteiger partial charge >= 0.3 is 0 Å². The van der Waals surface area contributed by atoms with Gasteiger partial charge in [-0.1, -0.05) is 31.4 Å². The third-order valence-electron chi connectivity index (χ3n) is 4.00. The molecule has 0 heterocycles. The van der Waals surface area contributed by atoms with E-state index in [1.807, 2.05) is 24.3 Å². The van der Waals surface area contributed by atoms with Crippen LogP contribution in [0, 0.1) is 5.92 Å². The zero-order chi connectivity index (χ0) is 14.9. The summed E-state index contributed by atoms with van der Waals surface area (Å²) in [6.45, 7) is 1.78. The van der Waals surface area contributed by atoms with Gasteiger partial charge in [-0.2, -0.15) is 0 Å². The van der Waals surface area contributed by atoms with Crippen LogP contribution < -0.4 is 11.1 Å². The van der Waals surface area contributed by atoms with Crippen LogP contribution in [0.1, 0.15) is 44.1 Å². The van der Waals surface area contributed by atoms with Crippen LogP contribution in [0.25, 0.3) is 0 Å². The van der Waals surface area contributed by atoms with Crippen LogP contribution >= 0.6 is 0 Å². The molecule has 0 aliphatic heterocycles. The predicted octanol–water partition coefficient (Wildman–Crippen LogP) is 3.07.